The van der Waals surface area contributed by atoms with Crippen LogP contribution in [-0.4, -0.2) is 46.4 Å². The van der Waals surface area contributed by atoms with Gasteiger partial charge in [0.05, 0.1) is 13.2 Å². The average Bonchev–Trinajstić information content (AvgIpc) is 2.51. The molecule has 116 valence electrons. The zero-order valence-corrected chi connectivity index (χ0v) is 12.8. The second-order valence-electron chi connectivity index (χ2n) is 5.18. The highest BCUT2D eigenvalue weighted by Gasteiger charge is 2.28. The van der Waals surface area contributed by atoms with Crippen molar-refractivity contribution in [1.82, 2.24) is 5.32 Å². The van der Waals surface area contributed by atoms with E-state index < -0.39 is 0 Å². The highest BCUT2D eigenvalue weighted by atomic mass is 16.5. The molecule has 0 radical (unpaired) electrons. The predicted molar refractivity (Wildman–Crippen MR) is 82.5 cm³/mol. The largest absolute Gasteiger partial charge is 0.382 e. The zero-order valence-electron chi connectivity index (χ0n) is 12.8. The third-order valence-corrected chi connectivity index (χ3v) is 3.71. The Balaban J connectivity index is 1.81. The van der Waals surface area contributed by atoms with Crippen molar-refractivity contribution in [3.63, 3.8) is 0 Å². The van der Waals surface area contributed by atoms with E-state index in [1.54, 1.807) is 12.0 Å². The number of ether oxygens (including phenoxy) is 2. The van der Waals surface area contributed by atoms with Crippen molar-refractivity contribution in [3.8, 4) is 0 Å². The first-order valence-corrected chi connectivity index (χ1v) is 7.39. The minimum Gasteiger partial charge on any atom is -0.382 e. The molecule has 1 amide bonds. The van der Waals surface area contributed by atoms with Gasteiger partial charge in [-0.15, -0.1) is 0 Å². The van der Waals surface area contributed by atoms with Crippen LogP contribution in [0.4, 0.5) is 5.69 Å². The van der Waals surface area contributed by atoms with E-state index >= 15 is 0 Å². The van der Waals surface area contributed by atoms with Crippen LogP contribution in [0.15, 0.2) is 24.3 Å². The van der Waals surface area contributed by atoms with Crippen LogP contribution in [0.25, 0.3) is 0 Å². The van der Waals surface area contributed by atoms with E-state index in [0.29, 0.717) is 26.2 Å². The summed E-state index contributed by atoms with van der Waals surface area (Å²) in [6.07, 6.45) is 1.43. The van der Waals surface area contributed by atoms with E-state index in [1.807, 2.05) is 25.2 Å². The molecule has 0 saturated heterocycles. The molecule has 1 N–H and O–H groups in total. The van der Waals surface area contributed by atoms with E-state index in [-0.39, 0.29) is 11.9 Å². The maximum absolute atomic E-state index is 12.0. The number of carbonyl (C=O) groups is 1. The number of para-hydroxylation sites is 1. The number of hydrogen-bond donors (Lipinski definition) is 1. The summed E-state index contributed by atoms with van der Waals surface area (Å²) in [4.78, 5) is 13.8. The van der Waals surface area contributed by atoms with E-state index in [1.165, 1.54) is 5.56 Å². The summed E-state index contributed by atoms with van der Waals surface area (Å²) in [6, 6.07) is 8.17. The molecule has 0 spiro atoms. The Morgan fingerprint density at radius 3 is 2.90 bits per heavy atom. The van der Waals surface area contributed by atoms with Gasteiger partial charge in [0.25, 0.3) is 0 Å². The van der Waals surface area contributed by atoms with Crippen molar-refractivity contribution in [2.75, 3.05) is 45.4 Å². The van der Waals surface area contributed by atoms with Gasteiger partial charge in [-0.3, -0.25) is 4.79 Å². The van der Waals surface area contributed by atoms with Crippen LogP contribution in [0.1, 0.15) is 24.4 Å². The van der Waals surface area contributed by atoms with Gasteiger partial charge in [0.2, 0.25) is 5.91 Å². The maximum Gasteiger partial charge on any atom is 0.228 e. The lowest BCUT2D eigenvalue weighted by Crippen LogP contribution is -2.38. The minimum absolute atomic E-state index is 0.101. The Kier molecular flexibility index (Phi) is 6.17. The summed E-state index contributed by atoms with van der Waals surface area (Å²) >= 11 is 0. The molecule has 0 aliphatic carbocycles. The van der Waals surface area contributed by atoms with Crippen molar-refractivity contribution < 1.29 is 14.3 Å². The molecule has 1 atom stereocenters. The SMILES string of the molecule is COCCOCCCNC1CC(=O)N(C)c2ccccc21. The fraction of sp³-hybridized carbons (Fsp3) is 0.562. The molecule has 1 aliphatic heterocycles. The van der Waals surface area contributed by atoms with E-state index in [0.717, 1.165) is 18.7 Å². The summed E-state index contributed by atoms with van der Waals surface area (Å²) in [5, 5.41) is 3.46. The molecule has 0 saturated carbocycles. The van der Waals surface area contributed by atoms with Crippen molar-refractivity contribution in [2.45, 2.75) is 18.9 Å². The molecule has 5 heteroatoms. The highest BCUT2D eigenvalue weighted by molar-refractivity contribution is 5.96. The lowest BCUT2D eigenvalue weighted by molar-refractivity contribution is -0.119. The molecule has 1 heterocycles. The van der Waals surface area contributed by atoms with Crippen LogP contribution >= 0.6 is 0 Å². The van der Waals surface area contributed by atoms with Gasteiger partial charge in [-0.1, -0.05) is 18.2 Å². The van der Waals surface area contributed by atoms with E-state index in [9.17, 15) is 4.79 Å². The number of nitrogens with one attached hydrogen (secondary N) is 1. The molecule has 0 bridgehead atoms. The number of anilines is 1. The van der Waals surface area contributed by atoms with Gasteiger partial charge in [0.1, 0.15) is 0 Å². The molecule has 1 unspecified atom stereocenters. The van der Waals surface area contributed by atoms with Crippen molar-refractivity contribution in [2.24, 2.45) is 0 Å². The van der Waals surface area contributed by atoms with Crippen LogP contribution in [0, 0.1) is 0 Å². The Hall–Kier alpha value is -1.43. The standard InChI is InChI=1S/C16H24N2O3/c1-18-15-7-4-3-6-13(15)14(12-16(18)19)17-8-5-9-21-11-10-20-2/h3-4,6-7,14,17H,5,8-12H2,1-2H3. The topological polar surface area (TPSA) is 50.8 Å². The zero-order chi connectivity index (χ0) is 15.1. The monoisotopic (exact) mass is 292 g/mol. The Morgan fingerprint density at radius 2 is 2.10 bits per heavy atom. The molecule has 2 rings (SSSR count). The second kappa shape index (κ2) is 8.12. The smallest absolute Gasteiger partial charge is 0.228 e. The molecule has 1 aliphatic rings. The summed E-state index contributed by atoms with van der Waals surface area (Å²) in [6.45, 7) is 2.80. The first kappa shape index (κ1) is 15.9. The summed E-state index contributed by atoms with van der Waals surface area (Å²) < 4.78 is 10.4. The molecule has 0 aromatic heterocycles. The molecular weight excluding hydrogens is 268 g/mol. The number of hydrogen-bond acceptors (Lipinski definition) is 4. The van der Waals surface area contributed by atoms with Gasteiger partial charge in [-0.05, 0) is 24.6 Å². The first-order valence-electron chi connectivity index (χ1n) is 7.39. The third-order valence-electron chi connectivity index (χ3n) is 3.71. The lowest BCUT2D eigenvalue weighted by atomic mass is 9.96. The first-order chi connectivity index (χ1) is 10.2. The highest BCUT2D eigenvalue weighted by Crippen LogP contribution is 2.33. The molecule has 1 aromatic carbocycles. The normalized spacial score (nSPS) is 17.9. The van der Waals surface area contributed by atoms with Gasteiger partial charge >= 0.3 is 0 Å². The number of benzene rings is 1. The Bertz CT molecular complexity index is 465. The van der Waals surface area contributed by atoms with Crippen LogP contribution in [0.3, 0.4) is 0 Å². The van der Waals surface area contributed by atoms with Gasteiger partial charge in [0, 0.05) is 38.9 Å². The number of nitrogens with zero attached hydrogens (tertiary/aromatic N) is 1. The number of carbonyl (C=O) groups excluding carboxylic acids is 1. The van der Waals surface area contributed by atoms with E-state index in [4.69, 9.17) is 9.47 Å². The van der Waals surface area contributed by atoms with Crippen molar-refractivity contribution >= 4 is 11.6 Å². The van der Waals surface area contributed by atoms with Gasteiger partial charge < -0.3 is 19.7 Å². The molecule has 0 fully saturated rings. The van der Waals surface area contributed by atoms with Crippen LogP contribution in [0.5, 0.6) is 0 Å². The Labute approximate surface area is 126 Å². The minimum atomic E-state index is 0.101. The lowest BCUT2D eigenvalue weighted by Gasteiger charge is -2.32. The quantitative estimate of drug-likeness (QED) is 0.742. The molecule has 5 nitrogen and oxygen atoms in total. The third kappa shape index (κ3) is 4.27. The van der Waals surface area contributed by atoms with Crippen LogP contribution in [-0.2, 0) is 14.3 Å². The number of amides is 1. The predicted octanol–water partition coefficient (Wildman–Crippen LogP) is 1.74. The maximum atomic E-state index is 12.0. The molecular formula is C16H24N2O3. The Morgan fingerprint density at radius 1 is 1.29 bits per heavy atom. The van der Waals surface area contributed by atoms with Crippen molar-refractivity contribution in [3.05, 3.63) is 29.8 Å². The van der Waals surface area contributed by atoms with Crippen LogP contribution < -0.4 is 10.2 Å². The summed E-state index contributed by atoms with van der Waals surface area (Å²) in [5.74, 6) is 0.155. The fourth-order valence-electron chi connectivity index (χ4n) is 2.52. The van der Waals surface area contributed by atoms with Crippen molar-refractivity contribution in [1.29, 1.82) is 0 Å². The number of rotatable bonds is 8. The van der Waals surface area contributed by atoms with E-state index in [2.05, 4.69) is 11.4 Å². The molecule has 1 aromatic rings. The number of methoxy groups -OCH3 is 1. The van der Waals surface area contributed by atoms with Gasteiger partial charge in [-0.2, -0.15) is 0 Å². The van der Waals surface area contributed by atoms with Crippen LogP contribution in [0.2, 0.25) is 0 Å². The summed E-state index contributed by atoms with van der Waals surface area (Å²) in [7, 11) is 3.50. The van der Waals surface area contributed by atoms with Gasteiger partial charge in [-0.25, -0.2) is 0 Å². The number of fused-ring (bicyclic) bond motifs is 1. The second-order valence-corrected chi connectivity index (χ2v) is 5.18. The summed E-state index contributed by atoms with van der Waals surface area (Å²) in [5.41, 5.74) is 2.20. The fourth-order valence-corrected chi connectivity index (χ4v) is 2.52. The average molecular weight is 292 g/mol. The molecule has 21 heavy (non-hydrogen) atoms. The van der Waals surface area contributed by atoms with Gasteiger partial charge in [0.15, 0.2) is 0 Å².